The SMILES string of the molecule is Brc1cccc(-c2noc(-c3cc(C4CCCCC4)no3)n2)c1. The zero-order valence-corrected chi connectivity index (χ0v) is 14.1. The van der Waals surface area contributed by atoms with Gasteiger partial charge in [0, 0.05) is 22.0 Å². The highest BCUT2D eigenvalue weighted by atomic mass is 79.9. The lowest BCUT2D eigenvalue weighted by atomic mass is 9.87. The van der Waals surface area contributed by atoms with Crippen LogP contribution in [0.3, 0.4) is 0 Å². The van der Waals surface area contributed by atoms with Crippen LogP contribution in [0.5, 0.6) is 0 Å². The first-order chi connectivity index (χ1) is 11.3. The van der Waals surface area contributed by atoms with Crippen LogP contribution < -0.4 is 0 Å². The van der Waals surface area contributed by atoms with Crippen molar-refractivity contribution in [3.63, 3.8) is 0 Å². The third kappa shape index (κ3) is 3.08. The molecule has 0 radical (unpaired) electrons. The quantitative estimate of drug-likeness (QED) is 0.630. The molecule has 4 rings (SSSR count). The summed E-state index contributed by atoms with van der Waals surface area (Å²) in [5.41, 5.74) is 1.89. The number of nitrogens with zero attached hydrogens (tertiary/aromatic N) is 3. The van der Waals surface area contributed by atoms with Crippen molar-refractivity contribution in [2.24, 2.45) is 0 Å². The molecule has 1 saturated carbocycles. The molecule has 2 aromatic heterocycles. The molecule has 2 heterocycles. The number of benzene rings is 1. The number of hydrogen-bond donors (Lipinski definition) is 0. The van der Waals surface area contributed by atoms with Gasteiger partial charge in [0.05, 0.1) is 5.69 Å². The van der Waals surface area contributed by atoms with Gasteiger partial charge in [-0.05, 0) is 25.0 Å². The van der Waals surface area contributed by atoms with E-state index in [2.05, 4.69) is 31.2 Å². The highest BCUT2D eigenvalue weighted by Crippen LogP contribution is 2.34. The Balaban J connectivity index is 1.58. The molecule has 6 heteroatoms. The first-order valence-corrected chi connectivity index (χ1v) is 8.65. The summed E-state index contributed by atoms with van der Waals surface area (Å²) >= 11 is 3.44. The average molecular weight is 374 g/mol. The van der Waals surface area contributed by atoms with Crippen LogP contribution in [0.1, 0.15) is 43.7 Å². The van der Waals surface area contributed by atoms with Crippen LogP contribution in [-0.2, 0) is 0 Å². The molecule has 0 saturated heterocycles. The maximum absolute atomic E-state index is 5.42. The lowest BCUT2D eigenvalue weighted by Gasteiger charge is -2.18. The fourth-order valence-corrected chi connectivity index (χ4v) is 3.45. The van der Waals surface area contributed by atoms with E-state index in [1.165, 1.54) is 32.1 Å². The molecule has 3 aromatic rings. The molecule has 0 spiro atoms. The molecule has 5 nitrogen and oxygen atoms in total. The molecule has 1 aromatic carbocycles. The van der Waals surface area contributed by atoms with E-state index in [1.807, 2.05) is 30.3 Å². The van der Waals surface area contributed by atoms with Crippen molar-refractivity contribution in [3.8, 4) is 23.0 Å². The second-order valence-corrected chi connectivity index (χ2v) is 6.80. The Morgan fingerprint density at radius 1 is 1.00 bits per heavy atom. The predicted octanol–water partition coefficient (Wildman–Crippen LogP) is 5.20. The summed E-state index contributed by atoms with van der Waals surface area (Å²) in [6, 6.07) is 9.71. The summed E-state index contributed by atoms with van der Waals surface area (Å²) < 4.78 is 11.7. The van der Waals surface area contributed by atoms with Crippen molar-refractivity contribution in [2.45, 2.75) is 38.0 Å². The first kappa shape index (κ1) is 14.6. The van der Waals surface area contributed by atoms with Crippen molar-refractivity contribution >= 4 is 15.9 Å². The highest BCUT2D eigenvalue weighted by molar-refractivity contribution is 9.10. The normalized spacial score (nSPS) is 15.9. The molecule has 1 fully saturated rings. The lowest BCUT2D eigenvalue weighted by Crippen LogP contribution is -2.04. The van der Waals surface area contributed by atoms with E-state index in [0.29, 0.717) is 23.4 Å². The van der Waals surface area contributed by atoms with E-state index in [-0.39, 0.29) is 0 Å². The Kier molecular flexibility index (Phi) is 3.99. The van der Waals surface area contributed by atoms with Gasteiger partial charge in [-0.25, -0.2) is 0 Å². The molecule has 23 heavy (non-hydrogen) atoms. The van der Waals surface area contributed by atoms with Crippen molar-refractivity contribution in [1.29, 1.82) is 0 Å². The largest absolute Gasteiger partial charge is 0.351 e. The van der Waals surface area contributed by atoms with Crippen LogP contribution >= 0.6 is 15.9 Å². The van der Waals surface area contributed by atoms with E-state index >= 15 is 0 Å². The van der Waals surface area contributed by atoms with E-state index in [0.717, 1.165) is 15.7 Å². The third-order valence-corrected chi connectivity index (χ3v) is 4.76. The summed E-state index contributed by atoms with van der Waals surface area (Å²) in [5.74, 6) is 1.94. The molecular weight excluding hydrogens is 358 g/mol. The summed E-state index contributed by atoms with van der Waals surface area (Å²) in [6.45, 7) is 0. The molecule has 0 unspecified atom stereocenters. The van der Waals surface area contributed by atoms with Crippen LogP contribution in [-0.4, -0.2) is 15.3 Å². The second kappa shape index (κ2) is 6.28. The summed E-state index contributed by atoms with van der Waals surface area (Å²) in [7, 11) is 0. The summed E-state index contributed by atoms with van der Waals surface area (Å²) in [6.07, 6.45) is 6.21. The minimum absolute atomic E-state index is 0.370. The van der Waals surface area contributed by atoms with Gasteiger partial charge in [0.2, 0.25) is 11.6 Å². The molecule has 0 N–H and O–H groups in total. The van der Waals surface area contributed by atoms with Gasteiger partial charge in [-0.15, -0.1) is 0 Å². The van der Waals surface area contributed by atoms with Crippen molar-refractivity contribution in [1.82, 2.24) is 15.3 Å². The van der Waals surface area contributed by atoms with E-state index in [9.17, 15) is 0 Å². The number of rotatable bonds is 3. The van der Waals surface area contributed by atoms with E-state index in [4.69, 9.17) is 9.05 Å². The van der Waals surface area contributed by atoms with Gasteiger partial charge in [-0.2, -0.15) is 4.98 Å². The molecule has 1 aliphatic carbocycles. The molecule has 118 valence electrons. The Morgan fingerprint density at radius 2 is 1.87 bits per heavy atom. The highest BCUT2D eigenvalue weighted by Gasteiger charge is 2.22. The van der Waals surface area contributed by atoms with Gasteiger partial charge < -0.3 is 9.05 Å². The van der Waals surface area contributed by atoms with Crippen LogP contribution in [0.4, 0.5) is 0 Å². The van der Waals surface area contributed by atoms with Gasteiger partial charge in [-0.3, -0.25) is 0 Å². The van der Waals surface area contributed by atoms with Crippen molar-refractivity contribution in [3.05, 3.63) is 40.5 Å². The Labute approximate surface area is 142 Å². The fraction of sp³-hybridized carbons (Fsp3) is 0.353. The topological polar surface area (TPSA) is 65.0 Å². The molecular formula is C17H16BrN3O2. The van der Waals surface area contributed by atoms with Crippen LogP contribution in [0.15, 0.2) is 43.9 Å². The van der Waals surface area contributed by atoms with Gasteiger partial charge in [0.1, 0.15) is 0 Å². The lowest BCUT2D eigenvalue weighted by molar-refractivity contribution is 0.367. The minimum Gasteiger partial charge on any atom is -0.351 e. The fourth-order valence-electron chi connectivity index (χ4n) is 3.05. The monoisotopic (exact) mass is 373 g/mol. The van der Waals surface area contributed by atoms with Crippen LogP contribution in [0.25, 0.3) is 23.0 Å². The van der Waals surface area contributed by atoms with Gasteiger partial charge in [-0.1, -0.05) is 57.6 Å². The minimum atomic E-state index is 0.370. The number of halogens is 1. The average Bonchev–Trinajstić information content (AvgIpc) is 3.25. The van der Waals surface area contributed by atoms with Crippen LogP contribution in [0, 0.1) is 0 Å². The van der Waals surface area contributed by atoms with Gasteiger partial charge >= 0.3 is 0 Å². The zero-order valence-electron chi connectivity index (χ0n) is 12.5. The predicted molar refractivity (Wildman–Crippen MR) is 88.8 cm³/mol. The molecule has 0 aliphatic heterocycles. The van der Waals surface area contributed by atoms with Crippen molar-refractivity contribution in [2.75, 3.05) is 0 Å². The molecule has 0 amide bonds. The van der Waals surface area contributed by atoms with E-state index in [1.54, 1.807) is 0 Å². The summed E-state index contributed by atoms with van der Waals surface area (Å²) in [4.78, 5) is 4.42. The second-order valence-electron chi connectivity index (χ2n) is 5.88. The van der Waals surface area contributed by atoms with E-state index < -0.39 is 0 Å². The third-order valence-electron chi connectivity index (χ3n) is 4.27. The number of hydrogen-bond acceptors (Lipinski definition) is 5. The van der Waals surface area contributed by atoms with Crippen molar-refractivity contribution < 1.29 is 9.05 Å². The van der Waals surface area contributed by atoms with Crippen LogP contribution in [0.2, 0.25) is 0 Å². The Morgan fingerprint density at radius 3 is 2.70 bits per heavy atom. The molecule has 0 bridgehead atoms. The maximum Gasteiger partial charge on any atom is 0.296 e. The van der Waals surface area contributed by atoms with Gasteiger partial charge in [0.15, 0.2) is 0 Å². The Bertz CT molecular complexity index is 806. The molecule has 0 atom stereocenters. The summed E-state index contributed by atoms with van der Waals surface area (Å²) in [5, 5.41) is 8.23. The standard InChI is InChI=1S/C17H16BrN3O2/c18-13-8-4-7-12(9-13)16-19-17(23-21-16)15-10-14(20-22-15)11-5-2-1-3-6-11/h4,7-11H,1-3,5-6H2. The zero-order chi connectivity index (χ0) is 15.6. The van der Waals surface area contributed by atoms with Gasteiger partial charge in [0.25, 0.3) is 5.89 Å². The Hall–Kier alpha value is -1.95. The maximum atomic E-state index is 5.42. The smallest absolute Gasteiger partial charge is 0.296 e. The molecule has 1 aliphatic rings. The first-order valence-electron chi connectivity index (χ1n) is 7.86. The number of aromatic nitrogens is 3.